The summed E-state index contributed by atoms with van der Waals surface area (Å²) in [6, 6.07) is 4.90. The fourth-order valence-electron chi connectivity index (χ4n) is 3.91. The number of piperazine rings is 1. The highest BCUT2D eigenvalue weighted by Crippen LogP contribution is 2.27. The quantitative estimate of drug-likeness (QED) is 0.760. The van der Waals surface area contributed by atoms with E-state index in [1.807, 2.05) is 4.68 Å². The Balaban J connectivity index is 1.48. The molecule has 1 aromatic heterocycles. The molecule has 0 bridgehead atoms. The third-order valence-electron chi connectivity index (χ3n) is 5.57. The normalized spacial score (nSPS) is 18.1. The number of aryl methyl sites for hydroxylation is 1. The van der Waals surface area contributed by atoms with Crippen LogP contribution in [0.4, 0.5) is 0 Å². The van der Waals surface area contributed by atoms with E-state index in [-0.39, 0.29) is 23.9 Å². The Labute approximate surface area is 169 Å². The maximum atomic E-state index is 13.0. The first-order valence-corrected chi connectivity index (χ1v) is 11.3. The summed E-state index contributed by atoms with van der Waals surface area (Å²) in [6.45, 7) is 3.82. The van der Waals surface area contributed by atoms with Crippen LogP contribution in [0, 0.1) is 6.92 Å². The molecule has 0 N–H and O–H groups in total. The van der Waals surface area contributed by atoms with Crippen LogP contribution in [0.3, 0.4) is 0 Å². The molecule has 1 aromatic carbocycles. The highest BCUT2D eigenvalue weighted by molar-refractivity contribution is 7.89. The molecule has 0 saturated carbocycles. The van der Waals surface area contributed by atoms with E-state index >= 15 is 0 Å². The molecule has 0 unspecified atom stereocenters. The van der Waals surface area contributed by atoms with E-state index in [1.165, 1.54) is 4.31 Å². The monoisotopic (exact) mass is 422 g/mol. The van der Waals surface area contributed by atoms with Gasteiger partial charge in [0.05, 0.1) is 22.3 Å². The van der Waals surface area contributed by atoms with Crippen LogP contribution in [0.15, 0.2) is 29.3 Å². The molecule has 2 aliphatic heterocycles. The molecule has 0 aliphatic carbocycles. The highest BCUT2D eigenvalue weighted by Gasteiger charge is 2.33. The molecule has 0 atom stereocenters. The van der Waals surface area contributed by atoms with Gasteiger partial charge in [-0.3, -0.25) is 9.48 Å². The van der Waals surface area contributed by atoms with E-state index in [0.29, 0.717) is 29.2 Å². The molecule has 9 heteroatoms. The molecule has 7 nitrogen and oxygen atoms in total. The zero-order chi connectivity index (χ0) is 19.9. The first-order chi connectivity index (χ1) is 13.4. The lowest BCUT2D eigenvalue weighted by molar-refractivity contribution is 0.0696. The van der Waals surface area contributed by atoms with Gasteiger partial charge in [0.2, 0.25) is 10.0 Å². The van der Waals surface area contributed by atoms with Crippen LogP contribution >= 0.6 is 11.6 Å². The van der Waals surface area contributed by atoms with Gasteiger partial charge in [0.25, 0.3) is 5.91 Å². The molecule has 3 heterocycles. The van der Waals surface area contributed by atoms with Gasteiger partial charge < -0.3 is 4.90 Å². The second-order valence-corrected chi connectivity index (χ2v) is 9.56. The Hall–Kier alpha value is -1.90. The molecule has 2 aliphatic rings. The van der Waals surface area contributed by atoms with Crippen molar-refractivity contribution in [3.63, 3.8) is 0 Å². The standard InChI is InChI=1S/C19H23ClN4O3S/c1-14-16(20)5-4-7-18(14)28(26,27)23-11-9-22(10-12-23)19(25)15-13-21-24-8-3-2-6-17(15)24/h4-5,7,13H,2-3,6,8-12H2,1H3. The van der Waals surface area contributed by atoms with E-state index in [1.54, 1.807) is 36.2 Å². The summed E-state index contributed by atoms with van der Waals surface area (Å²) >= 11 is 6.09. The van der Waals surface area contributed by atoms with E-state index in [9.17, 15) is 13.2 Å². The SMILES string of the molecule is Cc1c(Cl)cccc1S(=O)(=O)N1CCN(C(=O)c2cnn3c2CCCC3)CC1. The lowest BCUT2D eigenvalue weighted by Gasteiger charge is -2.34. The molecule has 0 spiro atoms. The number of fused-ring (bicyclic) bond motifs is 1. The third-order valence-corrected chi connectivity index (χ3v) is 8.03. The molecule has 0 radical (unpaired) electrons. The van der Waals surface area contributed by atoms with Gasteiger partial charge in [-0.15, -0.1) is 0 Å². The summed E-state index contributed by atoms with van der Waals surface area (Å²) in [5.74, 6) is -0.0564. The molecule has 150 valence electrons. The van der Waals surface area contributed by atoms with Gasteiger partial charge >= 0.3 is 0 Å². The predicted octanol–water partition coefficient (Wildman–Crippen LogP) is 2.33. The predicted molar refractivity (Wildman–Crippen MR) is 106 cm³/mol. The fourth-order valence-corrected chi connectivity index (χ4v) is 5.81. The van der Waals surface area contributed by atoms with E-state index < -0.39 is 10.0 Å². The smallest absolute Gasteiger partial charge is 0.257 e. The van der Waals surface area contributed by atoms with Gasteiger partial charge in [-0.2, -0.15) is 9.40 Å². The number of amides is 1. The van der Waals surface area contributed by atoms with Crippen LogP contribution < -0.4 is 0 Å². The maximum Gasteiger partial charge on any atom is 0.257 e. The van der Waals surface area contributed by atoms with Gasteiger partial charge in [-0.05, 0) is 43.9 Å². The highest BCUT2D eigenvalue weighted by atomic mass is 35.5. The third kappa shape index (κ3) is 3.33. The molecule has 28 heavy (non-hydrogen) atoms. The van der Waals surface area contributed by atoms with E-state index in [2.05, 4.69) is 5.10 Å². The van der Waals surface area contributed by atoms with Gasteiger partial charge in [-0.25, -0.2) is 8.42 Å². The average Bonchev–Trinajstić information content (AvgIpc) is 3.13. The minimum atomic E-state index is -3.64. The van der Waals surface area contributed by atoms with Crippen LogP contribution in [0.1, 0.15) is 34.5 Å². The molecular formula is C19H23ClN4O3S. The Morgan fingerprint density at radius 3 is 2.61 bits per heavy atom. The maximum absolute atomic E-state index is 13.0. The number of hydrogen-bond donors (Lipinski definition) is 0. The number of rotatable bonds is 3. The largest absolute Gasteiger partial charge is 0.336 e. The summed E-state index contributed by atoms with van der Waals surface area (Å²) in [4.78, 5) is 14.9. The number of hydrogen-bond acceptors (Lipinski definition) is 4. The summed E-state index contributed by atoms with van der Waals surface area (Å²) in [5.41, 5.74) is 2.21. The minimum Gasteiger partial charge on any atom is -0.336 e. The van der Waals surface area contributed by atoms with Crippen molar-refractivity contribution < 1.29 is 13.2 Å². The van der Waals surface area contributed by atoms with Crippen LogP contribution in [0.5, 0.6) is 0 Å². The number of halogens is 1. The topological polar surface area (TPSA) is 75.5 Å². The number of benzene rings is 1. The van der Waals surface area contributed by atoms with Gasteiger partial charge in [-0.1, -0.05) is 17.7 Å². The van der Waals surface area contributed by atoms with Crippen molar-refractivity contribution in [3.05, 3.63) is 46.2 Å². The second-order valence-electron chi connectivity index (χ2n) is 7.24. The van der Waals surface area contributed by atoms with Gasteiger partial charge in [0.1, 0.15) is 0 Å². The first kappa shape index (κ1) is 19.4. The van der Waals surface area contributed by atoms with Crippen LogP contribution in [0.2, 0.25) is 5.02 Å². The summed E-state index contributed by atoms with van der Waals surface area (Å²) in [7, 11) is -3.64. The molecular weight excluding hydrogens is 400 g/mol. The van der Waals surface area contributed by atoms with Crippen LogP contribution in [-0.2, 0) is 23.0 Å². The summed E-state index contributed by atoms with van der Waals surface area (Å²) < 4.78 is 29.4. The van der Waals surface area contributed by atoms with Crippen LogP contribution in [0.25, 0.3) is 0 Å². The molecule has 1 fully saturated rings. The van der Waals surface area contributed by atoms with Crippen molar-refractivity contribution in [2.45, 2.75) is 37.6 Å². The fraction of sp³-hybridized carbons (Fsp3) is 0.474. The zero-order valence-corrected chi connectivity index (χ0v) is 17.3. The average molecular weight is 423 g/mol. The Bertz CT molecular complexity index is 1010. The number of aromatic nitrogens is 2. The first-order valence-electron chi connectivity index (χ1n) is 9.49. The van der Waals surface area contributed by atoms with E-state index in [0.717, 1.165) is 31.5 Å². The van der Waals surface area contributed by atoms with Crippen molar-refractivity contribution >= 4 is 27.5 Å². The lowest BCUT2D eigenvalue weighted by atomic mass is 10.1. The Morgan fingerprint density at radius 1 is 1.11 bits per heavy atom. The van der Waals surface area contributed by atoms with Crippen molar-refractivity contribution in [2.75, 3.05) is 26.2 Å². The summed E-state index contributed by atoms with van der Waals surface area (Å²) in [6.07, 6.45) is 4.67. The van der Waals surface area contributed by atoms with Gasteiger partial charge in [0.15, 0.2) is 0 Å². The Kier molecular flexibility index (Phi) is 5.20. The molecule has 1 saturated heterocycles. The van der Waals surface area contributed by atoms with Crippen molar-refractivity contribution in [2.24, 2.45) is 0 Å². The van der Waals surface area contributed by atoms with Crippen LogP contribution in [-0.4, -0.2) is 59.5 Å². The molecule has 1 amide bonds. The number of nitrogens with zero attached hydrogens (tertiary/aromatic N) is 4. The van der Waals surface area contributed by atoms with E-state index in [4.69, 9.17) is 11.6 Å². The molecule has 4 rings (SSSR count). The number of sulfonamides is 1. The van der Waals surface area contributed by atoms with Crippen molar-refractivity contribution in [1.29, 1.82) is 0 Å². The number of carbonyl (C=O) groups is 1. The van der Waals surface area contributed by atoms with Crippen molar-refractivity contribution in [3.8, 4) is 0 Å². The van der Waals surface area contributed by atoms with Crippen molar-refractivity contribution in [1.82, 2.24) is 19.0 Å². The lowest BCUT2D eigenvalue weighted by Crippen LogP contribution is -2.50. The molecule has 2 aromatic rings. The second kappa shape index (κ2) is 7.50. The number of carbonyl (C=O) groups excluding carboxylic acids is 1. The summed E-state index contributed by atoms with van der Waals surface area (Å²) in [5, 5.41) is 4.77. The zero-order valence-electron chi connectivity index (χ0n) is 15.8. The Morgan fingerprint density at radius 2 is 1.86 bits per heavy atom. The minimum absolute atomic E-state index is 0.0564. The van der Waals surface area contributed by atoms with Gasteiger partial charge in [0, 0.05) is 37.7 Å².